The average Bonchev–Trinajstić information content (AvgIpc) is 2.53. The van der Waals surface area contributed by atoms with Crippen LogP contribution >= 0.6 is 0 Å². The second-order valence-electron chi connectivity index (χ2n) is 4.94. The van der Waals surface area contributed by atoms with E-state index in [4.69, 9.17) is 4.74 Å². The van der Waals surface area contributed by atoms with Crippen LogP contribution < -0.4 is 10.6 Å². The van der Waals surface area contributed by atoms with Gasteiger partial charge in [0.2, 0.25) is 6.10 Å². The predicted octanol–water partition coefficient (Wildman–Crippen LogP) is 0.764. The summed E-state index contributed by atoms with van der Waals surface area (Å²) in [4.78, 5) is 25.6. The SMILES string of the molecule is CNc1ccc(C(OC(C)=O)C(=O)N2CCNCC2)cc1. The molecule has 2 N–H and O–H groups in total. The van der Waals surface area contributed by atoms with Crippen LogP contribution in [0.4, 0.5) is 5.69 Å². The first-order valence-corrected chi connectivity index (χ1v) is 7.06. The molecule has 1 atom stereocenters. The molecule has 6 nitrogen and oxygen atoms in total. The molecule has 0 spiro atoms. The maximum Gasteiger partial charge on any atom is 0.303 e. The van der Waals surface area contributed by atoms with Crippen LogP contribution in [0.3, 0.4) is 0 Å². The summed E-state index contributed by atoms with van der Waals surface area (Å²) in [7, 11) is 1.82. The summed E-state index contributed by atoms with van der Waals surface area (Å²) in [5.74, 6) is -0.620. The first kappa shape index (κ1) is 15.3. The number of nitrogens with zero attached hydrogens (tertiary/aromatic N) is 1. The van der Waals surface area contributed by atoms with Crippen molar-refractivity contribution in [1.82, 2.24) is 10.2 Å². The van der Waals surface area contributed by atoms with Gasteiger partial charge in [-0.05, 0) is 12.1 Å². The van der Waals surface area contributed by atoms with E-state index in [1.54, 1.807) is 17.0 Å². The van der Waals surface area contributed by atoms with Gasteiger partial charge in [-0.15, -0.1) is 0 Å². The Morgan fingerprint density at radius 1 is 1.24 bits per heavy atom. The minimum Gasteiger partial charge on any atom is -0.447 e. The lowest BCUT2D eigenvalue weighted by Crippen LogP contribution is -2.48. The molecule has 1 aliphatic heterocycles. The van der Waals surface area contributed by atoms with Crippen molar-refractivity contribution in [3.05, 3.63) is 29.8 Å². The van der Waals surface area contributed by atoms with Crippen molar-refractivity contribution in [2.45, 2.75) is 13.0 Å². The zero-order valence-electron chi connectivity index (χ0n) is 12.4. The van der Waals surface area contributed by atoms with Crippen LogP contribution in [0.1, 0.15) is 18.6 Å². The minimum absolute atomic E-state index is 0.163. The third-order valence-corrected chi connectivity index (χ3v) is 3.44. The van der Waals surface area contributed by atoms with Crippen molar-refractivity contribution < 1.29 is 14.3 Å². The highest BCUT2D eigenvalue weighted by atomic mass is 16.5. The van der Waals surface area contributed by atoms with Gasteiger partial charge in [-0.2, -0.15) is 0 Å². The molecular weight excluding hydrogens is 270 g/mol. The predicted molar refractivity (Wildman–Crippen MR) is 79.9 cm³/mol. The van der Waals surface area contributed by atoms with Gasteiger partial charge >= 0.3 is 5.97 Å². The molecule has 0 aromatic heterocycles. The van der Waals surface area contributed by atoms with Gasteiger partial charge < -0.3 is 20.3 Å². The fourth-order valence-corrected chi connectivity index (χ4v) is 2.30. The molecule has 0 bridgehead atoms. The molecule has 0 saturated carbocycles. The Bertz CT molecular complexity index is 495. The maximum atomic E-state index is 12.6. The van der Waals surface area contributed by atoms with Crippen LogP contribution in [-0.4, -0.2) is 50.0 Å². The highest BCUT2D eigenvalue weighted by Gasteiger charge is 2.29. The number of hydrogen-bond donors (Lipinski definition) is 2. The van der Waals surface area contributed by atoms with Gasteiger partial charge in [0, 0.05) is 51.4 Å². The Hall–Kier alpha value is -2.08. The molecule has 1 aromatic rings. The van der Waals surface area contributed by atoms with Gasteiger partial charge in [-0.1, -0.05) is 12.1 Å². The van der Waals surface area contributed by atoms with E-state index in [9.17, 15) is 9.59 Å². The van der Waals surface area contributed by atoms with E-state index < -0.39 is 12.1 Å². The number of carbonyl (C=O) groups is 2. The van der Waals surface area contributed by atoms with Crippen LogP contribution in [0.15, 0.2) is 24.3 Å². The average molecular weight is 291 g/mol. The molecule has 1 aromatic carbocycles. The lowest BCUT2D eigenvalue weighted by atomic mass is 10.1. The molecule has 21 heavy (non-hydrogen) atoms. The van der Waals surface area contributed by atoms with Crippen molar-refractivity contribution in [3.63, 3.8) is 0 Å². The van der Waals surface area contributed by atoms with Gasteiger partial charge in [-0.3, -0.25) is 9.59 Å². The normalized spacial score (nSPS) is 16.2. The largest absolute Gasteiger partial charge is 0.447 e. The van der Waals surface area contributed by atoms with Crippen molar-refractivity contribution in [2.75, 3.05) is 38.5 Å². The molecule has 1 heterocycles. The Labute approximate surface area is 124 Å². The zero-order valence-corrected chi connectivity index (χ0v) is 12.4. The fourth-order valence-electron chi connectivity index (χ4n) is 2.30. The number of anilines is 1. The van der Waals surface area contributed by atoms with Gasteiger partial charge in [0.05, 0.1) is 0 Å². The first-order chi connectivity index (χ1) is 10.1. The van der Waals surface area contributed by atoms with Crippen LogP contribution in [-0.2, 0) is 14.3 Å². The summed E-state index contributed by atoms with van der Waals surface area (Å²) in [5.41, 5.74) is 1.63. The van der Waals surface area contributed by atoms with E-state index in [-0.39, 0.29) is 5.91 Å². The molecular formula is C15H21N3O3. The molecule has 0 radical (unpaired) electrons. The minimum atomic E-state index is -0.869. The van der Waals surface area contributed by atoms with E-state index in [0.717, 1.165) is 18.8 Å². The molecule has 1 amide bonds. The molecule has 114 valence electrons. The Morgan fingerprint density at radius 2 is 1.86 bits per heavy atom. The van der Waals surface area contributed by atoms with Crippen LogP contribution in [0.2, 0.25) is 0 Å². The van der Waals surface area contributed by atoms with Crippen molar-refractivity contribution in [1.29, 1.82) is 0 Å². The monoisotopic (exact) mass is 291 g/mol. The van der Waals surface area contributed by atoms with E-state index in [0.29, 0.717) is 18.7 Å². The van der Waals surface area contributed by atoms with Gasteiger partial charge in [-0.25, -0.2) is 0 Å². The van der Waals surface area contributed by atoms with E-state index in [1.165, 1.54) is 6.92 Å². The third-order valence-electron chi connectivity index (χ3n) is 3.44. The summed E-state index contributed by atoms with van der Waals surface area (Å²) in [6, 6.07) is 7.33. The molecule has 2 rings (SSSR count). The Morgan fingerprint density at radius 3 is 2.38 bits per heavy atom. The van der Waals surface area contributed by atoms with Crippen LogP contribution in [0, 0.1) is 0 Å². The summed E-state index contributed by atoms with van der Waals surface area (Å²) in [6.07, 6.45) is -0.869. The van der Waals surface area contributed by atoms with Crippen molar-refractivity contribution in [2.24, 2.45) is 0 Å². The first-order valence-electron chi connectivity index (χ1n) is 7.06. The zero-order chi connectivity index (χ0) is 15.2. The van der Waals surface area contributed by atoms with Crippen molar-refractivity contribution in [3.8, 4) is 0 Å². The fraction of sp³-hybridized carbons (Fsp3) is 0.467. The lowest BCUT2D eigenvalue weighted by molar-refractivity contribution is -0.159. The summed E-state index contributed by atoms with van der Waals surface area (Å²) >= 11 is 0. The van der Waals surface area contributed by atoms with Crippen LogP contribution in [0.25, 0.3) is 0 Å². The Balaban J connectivity index is 2.19. The van der Waals surface area contributed by atoms with Crippen molar-refractivity contribution >= 4 is 17.6 Å². The Kier molecular flexibility index (Phi) is 5.16. The lowest BCUT2D eigenvalue weighted by Gasteiger charge is -2.30. The van der Waals surface area contributed by atoms with E-state index >= 15 is 0 Å². The van der Waals surface area contributed by atoms with Gasteiger partial charge in [0.1, 0.15) is 0 Å². The number of rotatable bonds is 4. The highest BCUT2D eigenvalue weighted by molar-refractivity contribution is 5.85. The second-order valence-corrected chi connectivity index (χ2v) is 4.94. The third kappa shape index (κ3) is 3.95. The maximum absolute atomic E-state index is 12.6. The number of amides is 1. The number of carbonyl (C=O) groups excluding carboxylic acids is 2. The number of hydrogen-bond acceptors (Lipinski definition) is 5. The van der Waals surface area contributed by atoms with E-state index in [2.05, 4.69) is 10.6 Å². The number of benzene rings is 1. The quantitative estimate of drug-likeness (QED) is 0.802. The molecule has 1 aliphatic rings. The summed E-state index contributed by atoms with van der Waals surface area (Å²) in [5, 5.41) is 6.21. The summed E-state index contributed by atoms with van der Waals surface area (Å²) in [6.45, 7) is 4.10. The number of esters is 1. The van der Waals surface area contributed by atoms with Gasteiger partial charge in [0.15, 0.2) is 0 Å². The molecule has 1 unspecified atom stereocenters. The number of nitrogens with one attached hydrogen (secondary N) is 2. The second kappa shape index (κ2) is 7.08. The van der Waals surface area contributed by atoms with Gasteiger partial charge in [0.25, 0.3) is 5.91 Å². The number of piperazine rings is 1. The topological polar surface area (TPSA) is 70.7 Å². The standard InChI is InChI=1S/C15H21N3O3/c1-11(19)21-14(12-3-5-13(16-2)6-4-12)15(20)18-9-7-17-8-10-18/h3-6,14,16-17H,7-10H2,1-2H3. The van der Waals surface area contributed by atoms with E-state index in [1.807, 2.05) is 19.2 Å². The molecule has 1 saturated heterocycles. The number of ether oxygens (including phenoxy) is 1. The smallest absolute Gasteiger partial charge is 0.303 e. The molecule has 6 heteroatoms. The highest BCUT2D eigenvalue weighted by Crippen LogP contribution is 2.22. The summed E-state index contributed by atoms with van der Waals surface area (Å²) < 4.78 is 5.25. The molecule has 1 fully saturated rings. The molecule has 0 aliphatic carbocycles. The van der Waals surface area contributed by atoms with Crippen LogP contribution in [0.5, 0.6) is 0 Å².